The molecule has 2 aromatic rings. The van der Waals surface area contributed by atoms with Crippen LogP contribution in [-0.2, 0) is 0 Å². The van der Waals surface area contributed by atoms with Gasteiger partial charge in [0.2, 0.25) is 5.88 Å². The van der Waals surface area contributed by atoms with E-state index in [0.717, 1.165) is 12.8 Å². The summed E-state index contributed by atoms with van der Waals surface area (Å²) in [6.45, 7) is 0. The van der Waals surface area contributed by atoms with Gasteiger partial charge in [0, 0.05) is 16.1 Å². The molecule has 0 aliphatic heterocycles. The number of nitrogens with two attached hydrogens (primary N) is 1. The second-order valence-corrected chi connectivity index (χ2v) is 5.97. The summed E-state index contributed by atoms with van der Waals surface area (Å²) in [6, 6.07) is 4.40. The molecule has 1 aliphatic rings. The third kappa shape index (κ3) is 3.04. The number of nitrogens with zero attached hydrogens (tertiary/aromatic N) is 1. The van der Waals surface area contributed by atoms with Gasteiger partial charge in [0.15, 0.2) is 0 Å². The molecule has 3 rings (SSSR count). The predicted molar refractivity (Wildman–Crippen MR) is 84.7 cm³/mol. The van der Waals surface area contributed by atoms with E-state index in [1.165, 1.54) is 12.1 Å². The summed E-state index contributed by atoms with van der Waals surface area (Å²) < 4.78 is 19.3. The fourth-order valence-corrected chi connectivity index (χ4v) is 2.76. The Morgan fingerprint density at radius 2 is 2.09 bits per heavy atom. The Bertz CT molecular complexity index is 810. The van der Waals surface area contributed by atoms with E-state index in [-0.39, 0.29) is 27.9 Å². The van der Waals surface area contributed by atoms with Gasteiger partial charge in [-0.25, -0.2) is 14.2 Å². The lowest BCUT2D eigenvalue weighted by Gasteiger charge is -2.12. The average Bonchev–Trinajstić information content (AvgIpc) is 3.28. The summed E-state index contributed by atoms with van der Waals surface area (Å²) in [5, 5.41) is 8.92. The zero-order valence-corrected chi connectivity index (χ0v) is 13.2. The number of aromatic nitrogens is 1. The van der Waals surface area contributed by atoms with E-state index >= 15 is 0 Å². The van der Waals surface area contributed by atoms with Gasteiger partial charge in [-0.05, 0) is 37.0 Å². The summed E-state index contributed by atoms with van der Waals surface area (Å²) in [7, 11) is 0. The molecule has 8 heteroatoms. The molecule has 1 aliphatic carbocycles. The van der Waals surface area contributed by atoms with Crippen LogP contribution in [0.25, 0.3) is 11.3 Å². The van der Waals surface area contributed by atoms with Gasteiger partial charge < -0.3 is 15.6 Å². The summed E-state index contributed by atoms with van der Waals surface area (Å²) in [4.78, 5) is 14.6. The van der Waals surface area contributed by atoms with Crippen molar-refractivity contribution in [3.05, 3.63) is 39.6 Å². The molecule has 3 N–H and O–H groups in total. The molecule has 1 saturated carbocycles. The minimum atomic E-state index is -1.59. The summed E-state index contributed by atoms with van der Waals surface area (Å²) in [6.07, 6.45) is 0.166. The Kier molecular flexibility index (Phi) is 4.04. The van der Waals surface area contributed by atoms with Crippen LogP contribution in [-0.4, -0.2) is 16.2 Å². The molecule has 0 bridgehead atoms. The molecule has 5 nitrogen and oxygen atoms in total. The van der Waals surface area contributed by atoms with E-state index in [9.17, 15) is 9.18 Å². The first-order valence-electron chi connectivity index (χ1n) is 6.73. The van der Waals surface area contributed by atoms with Crippen molar-refractivity contribution < 1.29 is 19.0 Å². The van der Waals surface area contributed by atoms with Crippen LogP contribution >= 0.6 is 23.2 Å². The van der Waals surface area contributed by atoms with Crippen molar-refractivity contribution in [3.8, 4) is 17.1 Å². The van der Waals surface area contributed by atoms with Crippen LogP contribution in [0.2, 0.25) is 10.0 Å². The lowest BCUT2D eigenvalue weighted by molar-refractivity contribution is 0.142. The molecule has 23 heavy (non-hydrogen) atoms. The SMILES string of the molecule is Nc1cc(-c2ccc(Cl)c(C3CC3)c2F)nc(OC(=O)O)c1Cl. The Morgan fingerprint density at radius 1 is 1.39 bits per heavy atom. The van der Waals surface area contributed by atoms with E-state index < -0.39 is 17.9 Å². The highest BCUT2D eigenvalue weighted by molar-refractivity contribution is 6.34. The van der Waals surface area contributed by atoms with Gasteiger partial charge in [-0.2, -0.15) is 0 Å². The van der Waals surface area contributed by atoms with E-state index in [1.54, 1.807) is 6.07 Å². The molecular formula is C15H11Cl2FN2O3. The predicted octanol–water partition coefficient (Wildman–Crippen LogP) is 4.71. The van der Waals surface area contributed by atoms with Crippen molar-refractivity contribution in [2.75, 3.05) is 5.73 Å². The Balaban J connectivity index is 2.13. The molecule has 1 aromatic carbocycles. The summed E-state index contributed by atoms with van der Waals surface area (Å²) >= 11 is 11.9. The van der Waals surface area contributed by atoms with Gasteiger partial charge >= 0.3 is 6.16 Å². The first-order chi connectivity index (χ1) is 10.9. The zero-order chi connectivity index (χ0) is 16.7. The third-order valence-electron chi connectivity index (χ3n) is 3.53. The first kappa shape index (κ1) is 15.8. The Hall–Kier alpha value is -2.05. The van der Waals surface area contributed by atoms with Gasteiger partial charge in [0.25, 0.3) is 0 Å². The smallest absolute Gasteiger partial charge is 0.449 e. The molecule has 0 atom stereocenters. The van der Waals surface area contributed by atoms with E-state index in [1.807, 2.05) is 0 Å². The van der Waals surface area contributed by atoms with Crippen LogP contribution in [0, 0.1) is 5.82 Å². The third-order valence-corrected chi connectivity index (χ3v) is 4.24. The number of carboxylic acid groups (broad SMARTS) is 1. The molecule has 0 amide bonds. The van der Waals surface area contributed by atoms with Crippen molar-refractivity contribution >= 4 is 35.0 Å². The second kappa shape index (κ2) is 5.86. The Labute approximate surface area is 140 Å². The van der Waals surface area contributed by atoms with Gasteiger partial charge in [0.05, 0.1) is 11.4 Å². The second-order valence-electron chi connectivity index (χ2n) is 5.18. The molecule has 1 heterocycles. The minimum absolute atomic E-state index is 0.0373. The zero-order valence-electron chi connectivity index (χ0n) is 11.6. The number of hydrogen-bond acceptors (Lipinski definition) is 4. The largest absolute Gasteiger partial charge is 0.512 e. The van der Waals surface area contributed by atoms with E-state index in [2.05, 4.69) is 9.72 Å². The number of carbonyl (C=O) groups is 1. The topological polar surface area (TPSA) is 85.4 Å². The standard InChI is InChI=1S/C15H11Cl2FN2O3/c16-8-4-3-7(13(18)11(8)6-1-2-6)10-5-9(19)12(17)14(20-10)23-15(21)22/h3-6H,1-2H2,(H2,19,20)(H,21,22). The molecule has 0 saturated heterocycles. The lowest BCUT2D eigenvalue weighted by Crippen LogP contribution is -2.07. The monoisotopic (exact) mass is 356 g/mol. The van der Waals surface area contributed by atoms with Crippen LogP contribution in [0.1, 0.15) is 24.3 Å². The molecule has 1 aromatic heterocycles. The maximum atomic E-state index is 14.8. The highest BCUT2D eigenvalue weighted by Gasteiger charge is 2.30. The molecular weight excluding hydrogens is 346 g/mol. The number of halogens is 3. The van der Waals surface area contributed by atoms with Crippen LogP contribution in [0.15, 0.2) is 18.2 Å². The van der Waals surface area contributed by atoms with Crippen molar-refractivity contribution in [3.63, 3.8) is 0 Å². The van der Waals surface area contributed by atoms with Crippen LogP contribution < -0.4 is 10.5 Å². The van der Waals surface area contributed by atoms with E-state index in [4.69, 9.17) is 34.0 Å². The van der Waals surface area contributed by atoms with Crippen molar-refractivity contribution in [2.45, 2.75) is 18.8 Å². The Morgan fingerprint density at radius 3 is 2.70 bits per heavy atom. The first-order valence-corrected chi connectivity index (χ1v) is 7.49. The number of benzene rings is 1. The molecule has 0 spiro atoms. The fourth-order valence-electron chi connectivity index (χ4n) is 2.33. The van der Waals surface area contributed by atoms with Gasteiger partial charge in [0.1, 0.15) is 10.8 Å². The number of rotatable bonds is 3. The highest BCUT2D eigenvalue weighted by Crippen LogP contribution is 2.46. The lowest BCUT2D eigenvalue weighted by atomic mass is 10.0. The maximum absolute atomic E-state index is 14.8. The number of hydrogen-bond donors (Lipinski definition) is 2. The number of nitrogen functional groups attached to an aromatic ring is 1. The molecule has 0 unspecified atom stereocenters. The number of anilines is 1. The molecule has 120 valence electrons. The van der Waals surface area contributed by atoms with Gasteiger partial charge in [-0.15, -0.1) is 0 Å². The van der Waals surface area contributed by atoms with Crippen molar-refractivity contribution in [1.29, 1.82) is 0 Å². The van der Waals surface area contributed by atoms with Gasteiger partial charge in [-0.3, -0.25) is 0 Å². The molecule has 0 radical (unpaired) electrons. The summed E-state index contributed by atoms with van der Waals surface area (Å²) in [5.41, 5.74) is 6.50. The quantitative estimate of drug-likeness (QED) is 0.777. The highest BCUT2D eigenvalue weighted by atomic mass is 35.5. The van der Waals surface area contributed by atoms with Crippen molar-refractivity contribution in [2.24, 2.45) is 0 Å². The maximum Gasteiger partial charge on any atom is 0.512 e. The fraction of sp³-hybridized carbons (Fsp3) is 0.200. The van der Waals surface area contributed by atoms with Crippen LogP contribution in [0.3, 0.4) is 0 Å². The number of pyridine rings is 1. The minimum Gasteiger partial charge on any atom is -0.449 e. The van der Waals surface area contributed by atoms with Crippen LogP contribution in [0.4, 0.5) is 14.9 Å². The van der Waals surface area contributed by atoms with Crippen LogP contribution in [0.5, 0.6) is 5.88 Å². The number of ether oxygens (including phenoxy) is 1. The summed E-state index contributed by atoms with van der Waals surface area (Å²) in [5.74, 6) is -0.783. The molecule has 1 fully saturated rings. The van der Waals surface area contributed by atoms with E-state index in [0.29, 0.717) is 10.6 Å². The average molecular weight is 357 g/mol. The normalized spacial score (nSPS) is 13.9. The van der Waals surface area contributed by atoms with Crippen molar-refractivity contribution in [1.82, 2.24) is 4.98 Å². The van der Waals surface area contributed by atoms with Gasteiger partial charge in [-0.1, -0.05) is 23.2 Å².